The summed E-state index contributed by atoms with van der Waals surface area (Å²) in [5.41, 5.74) is 7.59. The van der Waals surface area contributed by atoms with Crippen molar-refractivity contribution in [3.8, 4) is 0 Å². The highest BCUT2D eigenvalue weighted by Gasteiger charge is 2.25. The molecule has 0 amide bonds. The normalized spacial score (nSPS) is 11.2. The van der Waals surface area contributed by atoms with Gasteiger partial charge in [0.2, 0.25) is 0 Å². The van der Waals surface area contributed by atoms with Gasteiger partial charge in [-0.05, 0) is 38.5 Å². The Hall–Kier alpha value is -1.71. The van der Waals surface area contributed by atoms with E-state index in [1.165, 1.54) is 7.11 Å². The van der Waals surface area contributed by atoms with E-state index in [1.807, 2.05) is 13.1 Å². The first-order valence-corrected chi connectivity index (χ1v) is 6.05. The fourth-order valence-corrected chi connectivity index (χ4v) is 1.68. The van der Waals surface area contributed by atoms with Crippen LogP contribution in [-0.2, 0) is 4.74 Å². The molecule has 4 heteroatoms. The predicted molar refractivity (Wildman–Crippen MR) is 75.0 cm³/mol. The second-order valence-electron chi connectivity index (χ2n) is 4.99. The van der Waals surface area contributed by atoms with Crippen LogP contribution in [0.15, 0.2) is 18.2 Å². The van der Waals surface area contributed by atoms with E-state index in [4.69, 9.17) is 10.5 Å². The summed E-state index contributed by atoms with van der Waals surface area (Å²) in [6, 6.07) is 5.31. The summed E-state index contributed by atoms with van der Waals surface area (Å²) in [4.78, 5) is 13.9. The van der Waals surface area contributed by atoms with Crippen molar-refractivity contribution in [3.63, 3.8) is 0 Å². The number of carbonyl (C=O) groups is 1. The van der Waals surface area contributed by atoms with Gasteiger partial charge in [-0.1, -0.05) is 6.92 Å². The molecule has 4 nitrogen and oxygen atoms in total. The number of methoxy groups -OCH3 is 1. The number of hydrogen-bond acceptors (Lipinski definition) is 4. The fraction of sp³-hybridized carbons (Fsp3) is 0.500. The van der Waals surface area contributed by atoms with Gasteiger partial charge >= 0.3 is 5.97 Å². The van der Waals surface area contributed by atoms with Crippen LogP contribution in [0.25, 0.3) is 0 Å². The number of rotatable bonds is 4. The lowest BCUT2D eigenvalue weighted by Crippen LogP contribution is -2.41. The van der Waals surface area contributed by atoms with Gasteiger partial charge in [-0.15, -0.1) is 0 Å². The van der Waals surface area contributed by atoms with Crippen LogP contribution >= 0.6 is 0 Å². The van der Waals surface area contributed by atoms with Crippen LogP contribution < -0.4 is 10.6 Å². The van der Waals surface area contributed by atoms with E-state index in [-0.39, 0.29) is 11.5 Å². The van der Waals surface area contributed by atoms with Crippen molar-refractivity contribution in [1.82, 2.24) is 0 Å². The average molecular weight is 250 g/mol. The number of anilines is 2. The number of carbonyl (C=O) groups excluding carboxylic acids is 1. The second-order valence-corrected chi connectivity index (χ2v) is 4.99. The highest BCUT2D eigenvalue weighted by Crippen LogP contribution is 2.29. The molecule has 1 aromatic carbocycles. The van der Waals surface area contributed by atoms with Crippen molar-refractivity contribution in [2.24, 2.45) is 0 Å². The number of hydrogen-bond donors (Lipinski definition) is 1. The van der Waals surface area contributed by atoms with Gasteiger partial charge in [-0.2, -0.15) is 0 Å². The minimum atomic E-state index is -0.365. The molecule has 0 aliphatic heterocycles. The van der Waals surface area contributed by atoms with E-state index in [9.17, 15) is 4.79 Å². The van der Waals surface area contributed by atoms with Gasteiger partial charge in [-0.3, -0.25) is 0 Å². The Kier molecular flexibility index (Phi) is 4.22. The fourth-order valence-electron chi connectivity index (χ4n) is 1.68. The number of nitrogens with zero attached hydrogens (tertiary/aromatic N) is 1. The Labute approximate surface area is 109 Å². The quantitative estimate of drug-likeness (QED) is 0.659. The molecule has 0 aliphatic carbocycles. The molecule has 0 aromatic heterocycles. The van der Waals surface area contributed by atoms with Crippen molar-refractivity contribution in [3.05, 3.63) is 23.8 Å². The predicted octanol–water partition coefficient (Wildman–Crippen LogP) is 2.68. The van der Waals surface area contributed by atoms with Gasteiger partial charge in [-0.25, -0.2) is 4.79 Å². The molecule has 0 bridgehead atoms. The molecule has 0 saturated carbocycles. The minimum Gasteiger partial charge on any atom is -0.465 e. The maximum atomic E-state index is 11.8. The molecule has 0 unspecified atom stereocenters. The van der Waals surface area contributed by atoms with Crippen molar-refractivity contribution < 1.29 is 9.53 Å². The number of benzene rings is 1. The molecule has 2 N–H and O–H groups in total. The van der Waals surface area contributed by atoms with E-state index in [0.29, 0.717) is 11.3 Å². The summed E-state index contributed by atoms with van der Waals surface area (Å²) in [5, 5.41) is 0. The lowest BCUT2D eigenvalue weighted by molar-refractivity contribution is 0.0601. The molecular formula is C14H22N2O2. The SMILES string of the molecule is CCC(C)(C)N(C)c1ccc(N)cc1C(=O)OC. The average Bonchev–Trinajstić information content (AvgIpc) is 2.36. The zero-order valence-electron chi connectivity index (χ0n) is 11.8. The van der Waals surface area contributed by atoms with E-state index in [2.05, 4.69) is 25.7 Å². The first-order chi connectivity index (χ1) is 8.33. The molecule has 0 spiro atoms. The van der Waals surface area contributed by atoms with Crippen molar-refractivity contribution in [2.75, 3.05) is 24.8 Å². The zero-order valence-corrected chi connectivity index (χ0v) is 11.8. The third-order valence-corrected chi connectivity index (χ3v) is 3.56. The van der Waals surface area contributed by atoms with Gasteiger partial charge in [0, 0.05) is 18.3 Å². The van der Waals surface area contributed by atoms with E-state index in [0.717, 1.165) is 12.1 Å². The maximum absolute atomic E-state index is 11.8. The molecule has 0 saturated heterocycles. The molecule has 0 heterocycles. The number of nitrogens with two attached hydrogens (primary N) is 1. The smallest absolute Gasteiger partial charge is 0.340 e. The summed E-state index contributed by atoms with van der Waals surface area (Å²) in [7, 11) is 3.35. The van der Waals surface area contributed by atoms with Crippen LogP contribution in [0.3, 0.4) is 0 Å². The highest BCUT2D eigenvalue weighted by atomic mass is 16.5. The van der Waals surface area contributed by atoms with Crippen LogP contribution in [0.5, 0.6) is 0 Å². The molecule has 0 fully saturated rings. The van der Waals surface area contributed by atoms with Gasteiger partial charge < -0.3 is 15.4 Å². The Balaban J connectivity index is 3.28. The molecule has 1 rings (SSSR count). The van der Waals surface area contributed by atoms with Crippen LogP contribution in [0.1, 0.15) is 37.6 Å². The zero-order chi connectivity index (χ0) is 13.9. The first kappa shape index (κ1) is 14.4. The van der Waals surface area contributed by atoms with Gasteiger partial charge in [0.1, 0.15) is 0 Å². The summed E-state index contributed by atoms with van der Waals surface area (Å²) >= 11 is 0. The van der Waals surface area contributed by atoms with Crippen LogP contribution in [0.2, 0.25) is 0 Å². The standard InChI is InChI=1S/C14H22N2O2/c1-6-14(2,3)16(4)12-8-7-10(15)9-11(12)13(17)18-5/h7-9H,6,15H2,1-5H3. The number of nitrogen functional groups attached to an aromatic ring is 1. The monoisotopic (exact) mass is 250 g/mol. The Bertz CT molecular complexity index is 441. The lowest BCUT2D eigenvalue weighted by Gasteiger charge is -2.37. The van der Waals surface area contributed by atoms with Crippen molar-refractivity contribution >= 4 is 17.3 Å². The van der Waals surface area contributed by atoms with E-state index < -0.39 is 0 Å². The molecule has 18 heavy (non-hydrogen) atoms. The minimum absolute atomic E-state index is 0.0428. The molecule has 1 aromatic rings. The van der Waals surface area contributed by atoms with Crippen LogP contribution in [-0.4, -0.2) is 25.7 Å². The Morgan fingerprint density at radius 1 is 1.44 bits per heavy atom. The molecule has 100 valence electrons. The first-order valence-electron chi connectivity index (χ1n) is 6.05. The summed E-state index contributed by atoms with van der Waals surface area (Å²) in [6.45, 7) is 6.38. The molecule has 0 atom stereocenters. The summed E-state index contributed by atoms with van der Waals surface area (Å²) < 4.78 is 4.81. The van der Waals surface area contributed by atoms with Crippen molar-refractivity contribution in [1.29, 1.82) is 0 Å². The highest BCUT2D eigenvalue weighted by molar-refractivity contribution is 5.97. The van der Waals surface area contributed by atoms with Crippen LogP contribution in [0, 0.1) is 0 Å². The largest absolute Gasteiger partial charge is 0.465 e. The number of esters is 1. The maximum Gasteiger partial charge on any atom is 0.340 e. The second kappa shape index (κ2) is 5.29. The summed E-state index contributed by atoms with van der Waals surface area (Å²) in [6.07, 6.45) is 0.967. The van der Waals surface area contributed by atoms with Gasteiger partial charge in [0.25, 0.3) is 0 Å². The van der Waals surface area contributed by atoms with Gasteiger partial charge in [0.15, 0.2) is 0 Å². The molecule has 0 aliphatic rings. The number of ether oxygens (including phenoxy) is 1. The Morgan fingerprint density at radius 3 is 2.56 bits per heavy atom. The Morgan fingerprint density at radius 2 is 2.06 bits per heavy atom. The van der Waals surface area contributed by atoms with Crippen LogP contribution in [0.4, 0.5) is 11.4 Å². The van der Waals surface area contributed by atoms with E-state index in [1.54, 1.807) is 12.1 Å². The van der Waals surface area contributed by atoms with Crippen molar-refractivity contribution in [2.45, 2.75) is 32.7 Å². The topological polar surface area (TPSA) is 55.6 Å². The third-order valence-electron chi connectivity index (χ3n) is 3.56. The summed E-state index contributed by atoms with van der Waals surface area (Å²) in [5.74, 6) is -0.365. The molecular weight excluding hydrogens is 228 g/mol. The lowest BCUT2D eigenvalue weighted by atomic mass is 9.97. The van der Waals surface area contributed by atoms with E-state index >= 15 is 0 Å². The molecule has 0 radical (unpaired) electrons. The third kappa shape index (κ3) is 2.75. The van der Waals surface area contributed by atoms with Gasteiger partial charge in [0.05, 0.1) is 18.4 Å².